The summed E-state index contributed by atoms with van der Waals surface area (Å²) in [6.07, 6.45) is 3.64. The molecule has 0 bridgehead atoms. The summed E-state index contributed by atoms with van der Waals surface area (Å²) in [5.41, 5.74) is 13.1. The summed E-state index contributed by atoms with van der Waals surface area (Å²) in [6.45, 7) is 0. The van der Waals surface area contributed by atoms with Crippen molar-refractivity contribution < 1.29 is 4.42 Å². The SMILES string of the molecule is c1ccc(-c2cc(-c3cc(-c4ccc5ccccc5c4)cc(-c4ccc5oc6ccccc6c5c4)c3)nc(-c3cccc(-c4ccncc4)c3)n2)cc1. The molecule has 0 fully saturated rings. The predicted octanol–water partition coefficient (Wildman–Crippen LogP) is 12.9. The van der Waals surface area contributed by atoms with Gasteiger partial charge >= 0.3 is 0 Å². The van der Waals surface area contributed by atoms with Gasteiger partial charge in [0.25, 0.3) is 0 Å². The van der Waals surface area contributed by atoms with E-state index in [2.05, 4.69) is 151 Å². The highest BCUT2D eigenvalue weighted by molar-refractivity contribution is 6.06. The van der Waals surface area contributed by atoms with Gasteiger partial charge in [-0.25, -0.2) is 9.97 Å². The Labute approximate surface area is 306 Å². The van der Waals surface area contributed by atoms with E-state index in [9.17, 15) is 0 Å². The van der Waals surface area contributed by atoms with Gasteiger partial charge in [-0.15, -0.1) is 0 Å². The van der Waals surface area contributed by atoms with Crippen molar-refractivity contribution in [2.75, 3.05) is 0 Å². The van der Waals surface area contributed by atoms with E-state index >= 15 is 0 Å². The lowest BCUT2D eigenvalue weighted by atomic mass is 9.93. The van der Waals surface area contributed by atoms with Gasteiger partial charge < -0.3 is 4.42 Å². The molecule has 0 N–H and O–H groups in total. The van der Waals surface area contributed by atoms with Crippen LogP contribution in [0.4, 0.5) is 0 Å². The van der Waals surface area contributed by atoms with Crippen molar-refractivity contribution >= 4 is 32.7 Å². The third-order valence-electron chi connectivity index (χ3n) is 9.95. The topological polar surface area (TPSA) is 51.8 Å². The number of pyridine rings is 1. The normalized spacial score (nSPS) is 11.4. The van der Waals surface area contributed by atoms with Crippen molar-refractivity contribution in [1.82, 2.24) is 15.0 Å². The van der Waals surface area contributed by atoms with E-state index in [-0.39, 0.29) is 0 Å². The fourth-order valence-corrected chi connectivity index (χ4v) is 7.25. The van der Waals surface area contributed by atoms with E-state index in [4.69, 9.17) is 14.4 Å². The highest BCUT2D eigenvalue weighted by atomic mass is 16.3. The zero-order chi connectivity index (χ0) is 35.1. The van der Waals surface area contributed by atoms with Crippen molar-refractivity contribution in [1.29, 1.82) is 0 Å². The number of rotatable bonds is 6. The number of nitrogens with zero attached hydrogens (tertiary/aromatic N) is 3. The molecule has 0 aliphatic carbocycles. The summed E-state index contributed by atoms with van der Waals surface area (Å²) in [7, 11) is 0. The van der Waals surface area contributed by atoms with Crippen LogP contribution in [-0.4, -0.2) is 15.0 Å². The van der Waals surface area contributed by atoms with Gasteiger partial charge in [0.1, 0.15) is 11.2 Å². The molecule has 10 rings (SSSR count). The maximum absolute atomic E-state index is 6.20. The Morgan fingerprint density at radius 2 is 0.925 bits per heavy atom. The van der Waals surface area contributed by atoms with E-state index in [1.807, 2.05) is 42.7 Å². The Morgan fingerprint density at radius 1 is 0.321 bits per heavy atom. The third kappa shape index (κ3) is 5.82. The zero-order valence-electron chi connectivity index (χ0n) is 28.6. The van der Waals surface area contributed by atoms with Gasteiger partial charge in [-0.2, -0.15) is 0 Å². The second kappa shape index (κ2) is 12.9. The third-order valence-corrected chi connectivity index (χ3v) is 9.95. The van der Waals surface area contributed by atoms with E-state index in [1.165, 1.54) is 10.8 Å². The maximum Gasteiger partial charge on any atom is 0.160 e. The van der Waals surface area contributed by atoms with Crippen molar-refractivity contribution in [3.63, 3.8) is 0 Å². The molecule has 10 aromatic rings. The minimum Gasteiger partial charge on any atom is -0.456 e. The fourth-order valence-electron chi connectivity index (χ4n) is 7.25. The minimum atomic E-state index is 0.668. The van der Waals surface area contributed by atoms with Gasteiger partial charge in [0.15, 0.2) is 5.82 Å². The lowest BCUT2D eigenvalue weighted by molar-refractivity contribution is 0.669. The van der Waals surface area contributed by atoms with Crippen LogP contribution in [0.1, 0.15) is 0 Å². The lowest BCUT2D eigenvalue weighted by Gasteiger charge is -2.14. The van der Waals surface area contributed by atoms with E-state index in [0.717, 1.165) is 83.4 Å². The van der Waals surface area contributed by atoms with Crippen LogP contribution in [0.25, 0.3) is 100.0 Å². The number of hydrogen-bond donors (Lipinski definition) is 0. The molecular formula is C49H31N3O. The van der Waals surface area contributed by atoms with Crippen molar-refractivity contribution in [3.05, 3.63) is 188 Å². The summed E-state index contributed by atoms with van der Waals surface area (Å²) in [5, 5.41) is 4.62. The molecule has 0 atom stereocenters. The van der Waals surface area contributed by atoms with Crippen LogP contribution in [0, 0.1) is 0 Å². The van der Waals surface area contributed by atoms with Crippen LogP contribution < -0.4 is 0 Å². The average molecular weight is 678 g/mol. The monoisotopic (exact) mass is 677 g/mol. The molecule has 4 heteroatoms. The number of hydrogen-bond acceptors (Lipinski definition) is 4. The standard InChI is InChI=1S/C49H31N3O/c1-2-10-34(11-3-1)45-31-46(52-49(51-45)39-14-8-13-36(26-39)33-21-23-50-24-22-33)42-28-40(37-18-17-32-9-4-5-12-35(32)25-37)27-41(29-42)38-19-20-48-44(30-38)43-15-6-7-16-47(43)53-48/h1-31H. The number of fused-ring (bicyclic) bond motifs is 4. The highest BCUT2D eigenvalue weighted by Crippen LogP contribution is 2.38. The Morgan fingerprint density at radius 3 is 1.77 bits per heavy atom. The molecule has 248 valence electrons. The molecule has 0 aliphatic rings. The zero-order valence-corrected chi connectivity index (χ0v) is 28.6. The highest BCUT2D eigenvalue weighted by Gasteiger charge is 2.16. The smallest absolute Gasteiger partial charge is 0.160 e. The van der Waals surface area contributed by atoms with E-state index in [0.29, 0.717) is 5.82 Å². The second-order valence-electron chi connectivity index (χ2n) is 13.3. The van der Waals surface area contributed by atoms with Gasteiger partial charge in [0.2, 0.25) is 0 Å². The Kier molecular flexibility index (Phi) is 7.43. The Hall–Kier alpha value is -7.17. The first kappa shape index (κ1) is 30.6. The van der Waals surface area contributed by atoms with Gasteiger partial charge in [-0.1, -0.05) is 109 Å². The molecule has 0 spiro atoms. The summed E-state index contributed by atoms with van der Waals surface area (Å²) >= 11 is 0. The molecule has 0 radical (unpaired) electrons. The molecule has 53 heavy (non-hydrogen) atoms. The molecule has 7 aromatic carbocycles. The Balaban J connectivity index is 1.19. The largest absolute Gasteiger partial charge is 0.456 e. The van der Waals surface area contributed by atoms with Gasteiger partial charge in [0, 0.05) is 39.9 Å². The van der Waals surface area contributed by atoms with Crippen LogP contribution in [0.2, 0.25) is 0 Å². The van der Waals surface area contributed by atoms with Crippen LogP contribution in [0.5, 0.6) is 0 Å². The lowest BCUT2D eigenvalue weighted by Crippen LogP contribution is -1.97. The quantitative estimate of drug-likeness (QED) is 0.176. The van der Waals surface area contributed by atoms with Gasteiger partial charge in [-0.3, -0.25) is 4.98 Å². The Bertz CT molecular complexity index is 2950. The second-order valence-corrected chi connectivity index (χ2v) is 13.3. The number of aromatic nitrogens is 3. The molecular weight excluding hydrogens is 647 g/mol. The van der Waals surface area contributed by atoms with Crippen molar-refractivity contribution in [2.24, 2.45) is 0 Å². The van der Waals surface area contributed by atoms with Crippen LogP contribution in [-0.2, 0) is 0 Å². The summed E-state index contributed by atoms with van der Waals surface area (Å²) < 4.78 is 6.20. The predicted molar refractivity (Wildman–Crippen MR) is 217 cm³/mol. The first-order valence-corrected chi connectivity index (χ1v) is 17.7. The fraction of sp³-hybridized carbons (Fsp3) is 0. The van der Waals surface area contributed by atoms with Gasteiger partial charge in [-0.05, 0) is 111 Å². The van der Waals surface area contributed by atoms with E-state index < -0.39 is 0 Å². The van der Waals surface area contributed by atoms with Crippen molar-refractivity contribution in [3.8, 4) is 67.3 Å². The molecule has 3 heterocycles. The summed E-state index contributed by atoms with van der Waals surface area (Å²) in [5.74, 6) is 0.668. The first-order chi connectivity index (χ1) is 26.2. The van der Waals surface area contributed by atoms with Crippen LogP contribution >= 0.6 is 0 Å². The number of para-hydroxylation sites is 1. The van der Waals surface area contributed by atoms with E-state index in [1.54, 1.807) is 0 Å². The van der Waals surface area contributed by atoms with Gasteiger partial charge in [0.05, 0.1) is 11.4 Å². The summed E-state index contributed by atoms with van der Waals surface area (Å²) in [4.78, 5) is 14.7. The summed E-state index contributed by atoms with van der Waals surface area (Å²) in [6, 6.07) is 61.6. The van der Waals surface area contributed by atoms with Crippen molar-refractivity contribution in [2.45, 2.75) is 0 Å². The van der Waals surface area contributed by atoms with Crippen LogP contribution in [0.15, 0.2) is 193 Å². The molecule has 0 aliphatic heterocycles. The van der Waals surface area contributed by atoms with Crippen LogP contribution in [0.3, 0.4) is 0 Å². The minimum absolute atomic E-state index is 0.668. The number of benzene rings is 7. The molecule has 0 unspecified atom stereocenters. The first-order valence-electron chi connectivity index (χ1n) is 17.7. The number of furan rings is 1. The molecule has 4 nitrogen and oxygen atoms in total. The molecule has 0 saturated heterocycles. The molecule has 0 saturated carbocycles. The maximum atomic E-state index is 6.20. The molecule has 0 amide bonds. The molecule has 3 aromatic heterocycles. The average Bonchev–Trinajstić information content (AvgIpc) is 3.62.